The number of nitrogens with one attached hydrogen (secondary N) is 1. The predicted molar refractivity (Wildman–Crippen MR) is 77.5 cm³/mol. The first-order valence-electron chi connectivity index (χ1n) is 6.69. The third-order valence-corrected chi connectivity index (χ3v) is 2.82. The largest absolute Gasteiger partial charge is 0.439 e. The highest BCUT2D eigenvalue weighted by atomic mass is 16.5. The average molecular weight is 256 g/mol. The van der Waals surface area contributed by atoms with Gasteiger partial charge in [0.15, 0.2) is 0 Å². The predicted octanol–water partition coefficient (Wildman–Crippen LogP) is 3.55. The van der Waals surface area contributed by atoms with Gasteiger partial charge in [-0.05, 0) is 37.2 Å². The van der Waals surface area contributed by atoms with Gasteiger partial charge in [-0.1, -0.05) is 31.5 Å². The van der Waals surface area contributed by atoms with Crippen LogP contribution in [0.3, 0.4) is 0 Å². The summed E-state index contributed by atoms with van der Waals surface area (Å²) >= 11 is 0. The smallest absolute Gasteiger partial charge is 0.219 e. The molecule has 1 aromatic heterocycles. The molecule has 1 heterocycles. The van der Waals surface area contributed by atoms with Crippen LogP contribution in [-0.4, -0.2) is 12.0 Å². The van der Waals surface area contributed by atoms with E-state index in [1.807, 2.05) is 37.4 Å². The van der Waals surface area contributed by atoms with Gasteiger partial charge in [-0.25, -0.2) is 4.98 Å². The van der Waals surface area contributed by atoms with E-state index in [9.17, 15) is 0 Å². The standard InChI is InChI=1S/C16H20N2O/c1-3-5-13-8-10-15(11-9-13)19-16-7-4-6-14(18-16)12-17-2/h4,6-11,17H,3,5,12H2,1-2H3. The van der Waals surface area contributed by atoms with E-state index < -0.39 is 0 Å². The maximum atomic E-state index is 5.76. The fourth-order valence-electron chi connectivity index (χ4n) is 1.93. The zero-order chi connectivity index (χ0) is 13.5. The van der Waals surface area contributed by atoms with Crippen molar-refractivity contribution in [2.24, 2.45) is 0 Å². The van der Waals surface area contributed by atoms with E-state index in [-0.39, 0.29) is 0 Å². The molecule has 0 saturated carbocycles. The molecule has 1 N–H and O–H groups in total. The summed E-state index contributed by atoms with van der Waals surface area (Å²) in [5, 5.41) is 3.08. The zero-order valence-corrected chi connectivity index (χ0v) is 11.5. The highest BCUT2D eigenvalue weighted by molar-refractivity contribution is 5.31. The maximum absolute atomic E-state index is 5.76. The SMILES string of the molecule is CCCc1ccc(Oc2cccc(CNC)n2)cc1. The number of hydrogen-bond acceptors (Lipinski definition) is 3. The summed E-state index contributed by atoms with van der Waals surface area (Å²) in [4.78, 5) is 4.43. The van der Waals surface area contributed by atoms with Crippen LogP contribution in [0, 0.1) is 0 Å². The van der Waals surface area contributed by atoms with Gasteiger partial charge in [0.1, 0.15) is 5.75 Å². The topological polar surface area (TPSA) is 34.1 Å². The van der Waals surface area contributed by atoms with Gasteiger partial charge in [0.25, 0.3) is 0 Å². The molecule has 0 atom stereocenters. The minimum atomic E-state index is 0.635. The summed E-state index contributed by atoms with van der Waals surface area (Å²) in [7, 11) is 1.90. The number of nitrogens with zero attached hydrogens (tertiary/aromatic N) is 1. The van der Waals surface area contributed by atoms with Crippen LogP contribution in [0.4, 0.5) is 0 Å². The molecule has 0 saturated heterocycles. The van der Waals surface area contributed by atoms with Crippen LogP contribution >= 0.6 is 0 Å². The summed E-state index contributed by atoms with van der Waals surface area (Å²) < 4.78 is 5.76. The number of benzene rings is 1. The first-order valence-corrected chi connectivity index (χ1v) is 6.69. The summed E-state index contributed by atoms with van der Waals surface area (Å²) in [6, 6.07) is 14.0. The Kier molecular flexibility index (Phi) is 4.93. The van der Waals surface area contributed by atoms with Gasteiger partial charge in [0, 0.05) is 12.6 Å². The Bertz CT molecular complexity index is 508. The summed E-state index contributed by atoms with van der Waals surface area (Å²) in [6.07, 6.45) is 2.27. The molecule has 0 aliphatic carbocycles. The lowest BCUT2D eigenvalue weighted by atomic mass is 10.1. The van der Waals surface area contributed by atoms with Crippen molar-refractivity contribution in [1.29, 1.82) is 0 Å². The second kappa shape index (κ2) is 6.90. The number of ether oxygens (including phenoxy) is 1. The lowest BCUT2D eigenvalue weighted by Crippen LogP contribution is -2.06. The van der Waals surface area contributed by atoms with Gasteiger partial charge in [-0.3, -0.25) is 0 Å². The van der Waals surface area contributed by atoms with Gasteiger partial charge in [-0.15, -0.1) is 0 Å². The monoisotopic (exact) mass is 256 g/mol. The van der Waals surface area contributed by atoms with Gasteiger partial charge >= 0.3 is 0 Å². The molecule has 0 fully saturated rings. The molecule has 3 nitrogen and oxygen atoms in total. The van der Waals surface area contributed by atoms with E-state index in [0.29, 0.717) is 5.88 Å². The Balaban J connectivity index is 2.05. The molecule has 3 heteroatoms. The molecule has 0 bridgehead atoms. The molecule has 0 unspecified atom stereocenters. The summed E-state index contributed by atoms with van der Waals surface area (Å²) in [5.74, 6) is 1.46. The van der Waals surface area contributed by atoms with Crippen molar-refractivity contribution in [1.82, 2.24) is 10.3 Å². The van der Waals surface area contributed by atoms with Crippen LogP contribution in [0.25, 0.3) is 0 Å². The van der Waals surface area contributed by atoms with Crippen molar-refractivity contribution in [2.45, 2.75) is 26.3 Å². The van der Waals surface area contributed by atoms with Gasteiger partial charge in [0.05, 0.1) is 5.69 Å². The minimum absolute atomic E-state index is 0.635. The number of rotatable bonds is 6. The Morgan fingerprint density at radius 2 is 1.89 bits per heavy atom. The molecular formula is C16H20N2O. The van der Waals surface area contributed by atoms with E-state index in [2.05, 4.69) is 29.4 Å². The number of pyridine rings is 1. The van der Waals surface area contributed by atoms with Crippen LogP contribution in [0.5, 0.6) is 11.6 Å². The van der Waals surface area contributed by atoms with Gasteiger partial charge in [0.2, 0.25) is 5.88 Å². The van der Waals surface area contributed by atoms with E-state index in [0.717, 1.165) is 30.8 Å². The van der Waals surface area contributed by atoms with Crippen LogP contribution < -0.4 is 10.1 Å². The van der Waals surface area contributed by atoms with Crippen LogP contribution in [0.2, 0.25) is 0 Å². The fraction of sp³-hybridized carbons (Fsp3) is 0.312. The molecular weight excluding hydrogens is 236 g/mol. The summed E-state index contributed by atoms with van der Waals surface area (Å²) in [6.45, 7) is 2.92. The van der Waals surface area contributed by atoms with E-state index in [1.54, 1.807) is 0 Å². The normalized spacial score (nSPS) is 10.4. The van der Waals surface area contributed by atoms with Crippen molar-refractivity contribution < 1.29 is 4.74 Å². The molecule has 0 spiro atoms. The van der Waals surface area contributed by atoms with Crippen molar-refractivity contribution in [2.75, 3.05) is 7.05 Å². The quantitative estimate of drug-likeness (QED) is 0.858. The van der Waals surface area contributed by atoms with Gasteiger partial charge < -0.3 is 10.1 Å². The van der Waals surface area contributed by atoms with E-state index in [1.165, 1.54) is 5.56 Å². The second-order valence-corrected chi connectivity index (χ2v) is 4.49. The van der Waals surface area contributed by atoms with Crippen LogP contribution in [-0.2, 0) is 13.0 Å². The fourth-order valence-corrected chi connectivity index (χ4v) is 1.93. The Hall–Kier alpha value is -1.87. The van der Waals surface area contributed by atoms with E-state index >= 15 is 0 Å². The second-order valence-electron chi connectivity index (χ2n) is 4.49. The average Bonchev–Trinajstić information content (AvgIpc) is 2.42. The highest BCUT2D eigenvalue weighted by Gasteiger charge is 2.00. The molecule has 0 radical (unpaired) electrons. The van der Waals surface area contributed by atoms with Crippen molar-refractivity contribution in [3.8, 4) is 11.6 Å². The van der Waals surface area contributed by atoms with Crippen molar-refractivity contribution in [3.05, 3.63) is 53.7 Å². The first kappa shape index (κ1) is 13.6. The molecule has 0 aliphatic rings. The van der Waals surface area contributed by atoms with Crippen molar-refractivity contribution in [3.63, 3.8) is 0 Å². The molecule has 0 amide bonds. The third kappa shape index (κ3) is 4.07. The lowest BCUT2D eigenvalue weighted by molar-refractivity contribution is 0.460. The van der Waals surface area contributed by atoms with Crippen LogP contribution in [0.1, 0.15) is 24.6 Å². The Morgan fingerprint density at radius 3 is 2.58 bits per heavy atom. The molecule has 2 aromatic rings. The van der Waals surface area contributed by atoms with Crippen molar-refractivity contribution >= 4 is 0 Å². The molecule has 100 valence electrons. The molecule has 1 aromatic carbocycles. The Labute approximate surface area is 114 Å². The molecule has 19 heavy (non-hydrogen) atoms. The van der Waals surface area contributed by atoms with E-state index in [4.69, 9.17) is 4.74 Å². The third-order valence-electron chi connectivity index (χ3n) is 2.82. The Morgan fingerprint density at radius 1 is 1.11 bits per heavy atom. The number of hydrogen-bond donors (Lipinski definition) is 1. The lowest BCUT2D eigenvalue weighted by Gasteiger charge is -2.07. The minimum Gasteiger partial charge on any atom is -0.439 e. The number of aromatic nitrogens is 1. The molecule has 2 rings (SSSR count). The van der Waals surface area contributed by atoms with Gasteiger partial charge in [-0.2, -0.15) is 0 Å². The summed E-state index contributed by atoms with van der Waals surface area (Å²) in [5.41, 5.74) is 2.31. The van der Waals surface area contributed by atoms with Crippen LogP contribution in [0.15, 0.2) is 42.5 Å². The highest BCUT2D eigenvalue weighted by Crippen LogP contribution is 2.20. The maximum Gasteiger partial charge on any atom is 0.219 e. The zero-order valence-electron chi connectivity index (χ0n) is 11.5. The first-order chi connectivity index (χ1) is 9.31. The molecule has 0 aliphatic heterocycles. The number of aryl methyl sites for hydroxylation is 1.